The van der Waals surface area contributed by atoms with Gasteiger partial charge in [-0.3, -0.25) is 9.97 Å². The van der Waals surface area contributed by atoms with E-state index in [2.05, 4.69) is 62.4 Å². The number of nitrogens with zero attached hydrogens (tertiary/aromatic N) is 4. The summed E-state index contributed by atoms with van der Waals surface area (Å²) in [6.45, 7) is 0. The zero-order valence-corrected chi connectivity index (χ0v) is 35.0. The van der Waals surface area contributed by atoms with Crippen LogP contribution >= 0.6 is 31.9 Å². The van der Waals surface area contributed by atoms with Crippen LogP contribution < -0.4 is 22.1 Å². The van der Waals surface area contributed by atoms with Crippen molar-refractivity contribution in [3.8, 4) is 0 Å². The second kappa shape index (κ2) is 15.7. The smallest absolute Gasteiger partial charge is 0.283 e. The van der Waals surface area contributed by atoms with Gasteiger partial charge in [-0.25, -0.2) is 36.3 Å². The van der Waals surface area contributed by atoms with E-state index in [0.717, 1.165) is 70.0 Å². The molecule has 4 heterocycles. The van der Waals surface area contributed by atoms with Crippen LogP contribution in [-0.2, 0) is 33.4 Å². The van der Waals surface area contributed by atoms with Crippen LogP contribution in [0, 0.1) is 23.5 Å². The second-order valence-corrected chi connectivity index (χ2v) is 17.9. The van der Waals surface area contributed by atoms with Gasteiger partial charge in [-0.1, -0.05) is 0 Å². The van der Waals surface area contributed by atoms with E-state index in [-0.39, 0.29) is 35.3 Å². The van der Waals surface area contributed by atoms with Crippen molar-refractivity contribution in [1.29, 1.82) is 0 Å². The number of nitrogens with two attached hydrogens (primary N) is 2. The molecule has 10 rings (SSSR count). The van der Waals surface area contributed by atoms with Gasteiger partial charge in [0.05, 0.1) is 23.5 Å². The summed E-state index contributed by atoms with van der Waals surface area (Å²) in [5, 5.41) is 6.72. The maximum absolute atomic E-state index is 14.8. The van der Waals surface area contributed by atoms with Gasteiger partial charge in [0.1, 0.15) is 23.8 Å². The SMILES string of the molecule is NC1=N[C@@](c2cc(N[C@@H]3CCCc4cc(Br)cnc43)ccc2F)(C(F)F)[C@H]2C[C@H]2O1.NC1=N[C@@](c2cc(N[C@H]3CCCc4cc(Br)cnc43)ccc2F)(C(F)F)[C@H]2C[C@H]2O1. The van der Waals surface area contributed by atoms with Gasteiger partial charge in [0.25, 0.3) is 24.9 Å². The highest BCUT2D eigenvalue weighted by Crippen LogP contribution is 2.58. The molecule has 6 aliphatic rings. The largest absolute Gasteiger partial charge is 0.462 e. The summed E-state index contributed by atoms with van der Waals surface area (Å²) in [5.41, 5.74) is 12.2. The van der Waals surface area contributed by atoms with E-state index in [1.165, 1.54) is 24.3 Å². The number of benzene rings is 2. The van der Waals surface area contributed by atoms with Crippen LogP contribution in [0.1, 0.15) is 84.3 Å². The van der Waals surface area contributed by atoms with Crippen molar-refractivity contribution in [2.75, 3.05) is 10.6 Å². The topological polar surface area (TPSA) is 145 Å². The summed E-state index contributed by atoms with van der Waals surface area (Å²) in [5.74, 6) is -2.64. The predicted octanol–water partition coefficient (Wildman–Crippen LogP) is 9.33. The Bertz CT molecular complexity index is 2230. The second-order valence-electron chi connectivity index (χ2n) is 16.1. The molecule has 0 radical (unpaired) electrons. The number of nitrogens with one attached hydrogen (secondary N) is 2. The van der Waals surface area contributed by atoms with E-state index in [9.17, 15) is 26.3 Å². The highest BCUT2D eigenvalue weighted by atomic mass is 79.9. The minimum Gasteiger partial charge on any atom is -0.462 e. The fourth-order valence-electron chi connectivity index (χ4n) is 9.41. The van der Waals surface area contributed by atoms with Crippen molar-refractivity contribution >= 4 is 55.3 Å². The lowest BCUT2D eigenvalue weighted by Crippen LogP contribution is -2.43. The Morgan fingerprint density at radius 1 is 0.650 bits per heavy atom. The third kappa shape index (κ3) is 7.34. The zero-order chi connectivity index (χ0) is 42.1. The Hall–Kier alpha value is -4.58. The van der Waals surface area contributed by atoms with E-state index in [1.54, 1.807) is 24.5 Å². The van der Waals surface area contributed by atoms with Crippen LogP contribution in [0.5, 0.6) is 0 Å². The molecular weight excluding hydrogens is 922 g/mol. The Morgan fingerprint density at radius 2 is 1.07 bits per heavy atom. The molecule has 4 aliphatic carbocycles. The molecule has 0 bridgehead atoms. The van der Waals surface area contributed by atoms with E-state index < -0.39 is 59.6 Å². The minimum absolute atomic E-state index is 0.0837. The number of halogens is 8. The van der Waals surface area contributed by atoms with Gasteiger partial charge in [-0.05, 0) is 143 Å². The monoisotopic (exact) mass is 960 g/mol. The molecule has 2 aliphatic heterocycles. The molecule has 2 aromatic carbocycles. The van der Waals surface area contributed by atoms with Crippen molar-refractivity contribution in [2.24, 2.45) is 33.3 Å². The Kier molecular flexibility index (Phi) is 10.7. The predicted molar refractivity (Wildman–Crippen MR) is 220 cm³/mol. The molecule has 4 aromatic rings. The van der Waals surface area contributed by atoms with Crippen LogP contribution in [0.4, 0.5) is 37.7 Å². The van der Waals surface area contributed by atoms with Crippen LogP contribution in [0.25, 0.3) is 0 Å². The lowest BCUT2D eigenvalue weighted by atomic mass is 9.84. The number of aromatic nitrogens is 2. The zero-order valence-electron chi connectivity index (χ0n) is 31.8. The summed E-state index contributed by atoms with van der Waals surface area (Å²) >= 11 is 6.89. The summed E-state index contributed by atoms with van der Waals surface area (Å²) in [6, 6.07) is 11.7. The lowest BCUT2D eigenvalue weighted by molar-refractivity contribution is 0.0176. The van der Waals surface area contributed by atoms with Crippen molar-refractivity contribution in [1.82, 2.24) is 9.97 Å². The molecule has 0 unspecified atom stereocenters. The van der Waals surface area contributed by atoms with Gasteiger partial charge < -0.3 is 31.6 Å². The fourth-order valence-corrected chi connectivity index (χ4v) is 10.2. The molecule has 8 atom stereocenters. The van der Waals surface area contributed by atoms with Gasteiger partial charge in [0.2, 0.25) is 0 Å². The first-order chi connectivity index (χ1) is 28.8. The molecular formula is C42H40Br2F6N8O2. The molecule has 316 valence electrons. The van der Waals surface area contributed by atoms with Gasteiger partial charge in [-0.15, -0.1) is 0 Å². The van der Waals surface area contributed by atoms with Crippen molar-refractivity contribution < 1.29 is 35.8 Å². The summed E-state index contributed by atoms with van der Waals surface area (Å²) in [6.07, 6.45) is 3.03. The normalized spacial score (nSPS) is 29.5. The van der Waals surface area contributed by atoms with E-state index in [4.69, 9.17) is 20.9 Å². The summed E-state index contributed by atoms with van der Waals surface area (Å²) < 4.78 is 99.2. The van der Waals surface area contributed by atoms with Crippen molar-refractivity contribution in [3.05, 3.63) is 115 Å². The molecule has 6 N–H and O–H groups in total. The number of aliphatic imine (C=N–C) groups is 2. The average molecular weight is 963 g/mol. The van der Waals surface area contributed by atoms with Gasteiger partial charge in [0.15, 0.2) is 11.1 Å². The Labute approximate surface area is 358 Å². The number of alkyl halides is 4. The molecule has 0 amide bonds. The maximum Gasteiger partial charge on any atom is 0.283 e. The fraction of sp³-hybridized carbons (Fsp3) is 0.429. The average Bonchev–Trinajstić information content (AvgIpc) is 4.15. The van der Waals surface area contributed by atoms with Crippen LogP contribution in [0.3, 0.4) is 0 Å². The highest BCUT2D eigenvalue weighted by molar-refractivity contribution is 9.10. The Balaban J connectivity index is 0.000000154. The first-order valence-corrected chi connectivity index (χ1v) is 21.4. The van der Waals surface area contributed by atoms with E-state index in [0.29, 0.717) is 24.2 Å². The molecule has 0 saturated heterocycles. The molecule has 2 saturated carbocycles. The number of fused-ring (bicyclic) bond motifs is 4. The number of rotatable bonds is 8. The number of amidine groups is 2. The van der Waals surface area contributed by atoms with Crippen LogP contribution in [-0.4, -0.2) is 47.1 Å². The molecule has 0 spiro atoms. The van der Waals surface area contributed by atoms with Crippen LogP contribution in [0.15, 0.2) is 79.9 Å². The standard InChI is InChI=1S/2C21H20BrF3N4O/c2*22-11-6-10-2-1-3-16(18(10)27-9-11)28-12-4-5-15(23)13(7-12)21(19(24)25)14-8-17(14)30-20(26)29-21/h2*4-7,9,14,16-17,19,28H,1-3,8H2,(H2,26,29)/t14-,16+,17+,21+;14-,16-,17+,21+/m00/s1. The third-order valence-electron chi connectivity index (χ3n) is 12.3. The Morgan fingerprint density at radius 3 is 1.47 bits per heavy atom. The lowest BCUT2D eigenvalue weighted by Gasteiger charge is -2.33. The number of hydrogen-bond acceptors (Lipinski definition) is 10. The number of hydrogen-bond donors (Lipinski definition) is 4. The quantitative estimate of drug-likeness (QED) is 0.128. The first-order valence-electron chi connectivity index (χ1n) is 19.8. The summed E-state index contributed by atoms with van der Waals surface area (Å²) in [4.78, 5) is 17.0. The minimum atomic E-state index is -2.91. The van der Waals surface area contributed by atoms with Gasteiger partial charge in [-0.2, -0.15) is 0 Å². The van der Waals surface area contributed by atoms with Crippen molar-refractivity contribution in [3.63, 3.8) is 0 Å². The van der Waals surface area contributed by atoms with Gasteiger partial charge >= 0.3 is 0 Å². The number of pyridine rings is 2. The molecule has 18 heteroatoms. The highest BCUT2D eigenvalue weighted by Gasteiger charge is 2.65. The molecule has 2 aromatic heterocycles. The number of aryl methyl sites for hydroxylation is 2. The van der Waals surface area contributed by atoms with E-state index >= 15 is 0 Å². The third-order valence-corrected chi connectivity index (χ3v) is 13.2. The van der Waals surface area contributed by atoms with Crippen LogP contribution in [0.2, 0.25) is 0 Å². The number of ether oxygens (including phenoxy) is 2. The van der Waals surface area contributed by atoms with Crippen molar-refractivity contribution in [2.45, 2.75) is 99.6 Å². The van der Waals surface area contributed by atoms with Gasteiger partial charge in [0, 0.05) is 55.7 Å². The molecule has 2 fully saturated rings. The molecule has 10 nitrogen and oxygen atoms in total. The first kappa shape index (κ1) is 40.8. The molecule has 60 heavy (non-hydrogen) atoms. The maximum atomic E-state index is 14.8. The number of anilines is 2. The summed E-state index contributed by atoms with van der Waals surface area (Å²) in [7, 11) is 0. The van der Waals surface area contributed by atoms with E-state index in [1.807, 2.05) is 12.1 Å².